The van der Waals surface area contributed by atoms with Gasteiger partial charge in [0.25, 0.3) is 0 Å². The summed E-state index contributed by atoms with van der Waals surface area (Å²) in [6, 6.07) is 12.9. The zero-order chi connectivity index (χ0) is 16.7. The fraction of sp³-hybridized carbons (Fsp3) is 0.0625. The Morgan fingerprint density at radius 3 is 2.50 bits per heavy atom. The van der Waals surface area contributed by atoms with Crippen molar-refractivity contribution >= 4 is 39.5 Å². The van der Waals surface area contributed by atoms with Gasteiger partial charge in [-0.25, -0.2) is 0 Å². The normalized spacial score (nSPS) is 11.1. The van der Waals surface area contributed by atoms with Gasteiger partial charge >= 0.3 is 0 Å². The number of methoxy groups -OCH3 is 1. The first-order valence-corrected chi connectivity index (χ1v) is 8.55. The summed E-state index contributed by atoms with van der Waals surface area (Å²) in [7, 11) is 1.60. The molecule has 8 heteroatoms. The van der Waals surface area contributed by atoms with Crippen LogP contribution in [0.15, 0.2) is 42.5 Å². The Labute approximate surface area is 151 Å². The van der Waals surface area contributed by atoms with Gasteiger partial charge in [0.05, 0.1) is 12.7 Å². The molecule has 0 bridgehead atoms. The standard InChI is InChI=1S/C16H10Cl2N4OS/c1-23-13-7-6-11(18)8-12(13)14-19-20-16-22(14)21-15(24-16)9-2-4-10(17)5-3-9/h2-8H,1H3. The molecule has 0 atom stereocenters. The lowest BCUT2D eigenvalue weighted by Gasteiger charge is -2.06. The Kier molecular flexibility index (Phi) is 3.88. The van der Waals surface area contributed by atoms with Crippen LogP contribution in [0.5, 0.6) is 5.75 Å². The minimum atomic E-state index is 0.584. The largest absolute Gasteiger partial charge is 0.496 e. The van der Waals surface area contributed by atoms with Crippen molar-refractivity contribution in [2.45, 2.75) is 0 Å². The van der Waals surface area contributed by atoms with E-state index in [1.54, 1.807) is 29.8 Å². The van der Waals surface area contributed by atoms with Crippen molar-refractivity contribution in [3.63, 3.8) is 0 Å². The van der Waals surface area contributed by atoms with E-state index in [1.807, 2.05) is 24.3 Å². The molecule has 120 valence electrons. The van der Waals surface area contributed by atoms with Gasteiger partial charge in [-0.05, 0) is 30.3 Å². The van der Waals surface area contributed by atoms with E-state index in [1.165, 1.54) is 11.3 Å². The molecule has 0 N–H and O–H groups in total. The molecule has 0 saturated carbocycles. The molecule has 0 unspecified atom stereocenters. The first-order chi connectivity index (χ1) is 11.7. The van der Waals surface area contributed by atoms with Crippen molar-refractivity contribution in [2.75, 3.05) is 7.11 Å². The van der Waals surface area contributed by atoms with E-state index < -0.39 is 0 Å². The summed E-state index contributed by atoms with van der Waals surface area (Å²) < 4.78 is 7.10. The Bertz CT molecular complexity index is 1030. The molecule has 4 aromatic rings. The maximum absolute atomic E-state index is 6.11. The van der Waals surface area contributed by atoms with Crippen LogP contribution in [0.4, 0.5) is 0 Å². The zero-order valence-electron chi connectivity index (χ0n) is 12.4. The second kappa shape index (κ2) is 6.05. The first kappa shape index (κ1) is 15.4. The van der Waals surface area contributed by atoms with Crippen LogP contribution in [0, 0.1) is 0 Å². The quantitative estimate of drug-likeness (QED) is 0.513. The highest BCUT2D eigenvalue weighted by molar-refractivity contribution is 7.19. The van der Waals surface area contributed by atoms with Crippen molar-refractivity contribution < 1.29 is 4.74 Å². The van der Waals surface area contributed by atoms with Crippen molar-refractivity contribution in [3.05, 3.63) is 52.5 Å². The number of hydrogen-bond acceptors (Lipinski definition) is 5. The SMILES string of the molecule is COc1ccc(Cl)cc1-c1nnc2sc(-c3ccc(Cl)cc3)nn12. The van der Waals surface area contributed by atoms with Gasteiger partial charge < -0.3 is 4.74 Å². The van der Waals surface area contributed by atoms with Gasteiger partial charge in [0.15, 0.2) is 5.82 Å². The molecule has 0 spiro atoms. The molecule has 0 amide bonds. The maximum atomic E-state index is 6.11. The van der Waals surface area contributed by atoms with Crippen LogP contribution in [-0.4, -0.2) is 26.9 Å². The van der Waals surface area contributed by atoms with Gasteiger partial charge in [-0.15, -0.1) is 10.2 Å². The summed E-state index contributed by atoms with van der Waals surface area (Å²) in [5, 5.41) is 15.2. The Hall–Kier alpha value is -2.15. The van der Waals surface area contributed by atoms with Gasteiger partial charge in [0.1, 0.15) is 10.8 Å². The molecular weight excluding hydrogens is 367 g/mol. The topological polar surface area (TPSA) is 52.3 Å². The molecular formula is C16H10Cl2N4OS. The third kappa shape index (κ3) is 2.62. The van der Waals surface area contributed by atoms with Crippen LogP contribution in [0.1, 0.15) is 0 Å². The molecule has 0 aliphatic carbocycles. The number of aromatic nitrogens is 4. The average molecular weight is 377 g/mol. The molecule has 24 heavy (non-hydrogen) atoms. The minimum Gasteiger partial charge on any atom is -0.496 e. The maximum Gasteiger partial charge on any atom is 0.235 e. The fourth-order valence-electron chi connectivity index (χ4n) is 2.35. The van der Waals surface area contributed by atoms with Crippen molar-refractivity contribution in [1.82, 2.24) is 19.8 Å². The van der Waals surface area contributed by atoms with E-state index in [9.17, 15) is 0 Å². The molecule has 2 aromatic heterocycles. The first-order valence-electron chi connectivity index (χ1n) is 6.98. The summed E-state index contributed by atoms with van der Waals surface area (Å²) in [5.41, 5.74) is 1.71. The molecule has 0 saturated heterocycles. The Morgan fingerprint density at radius 1 is 1.00 bits per heavy atom. The minimum absolute atomic E-state index is 0.584. The summed E-state index contributed by atoms with van der Waals surface area (Å²) in [6.07, 6.45) is 0. The second-order valence-corrected chi connectivity index (χ2v) is 6.81. The van der Waals surface area contributed by atoms with Crippen LogP contribution < -0.4 is 4.74 Å². The lowest BCUT2D eigenvalue weighted by molar-refractivity contribution is 0.416. The van der Waals surface area contributed by atoms with Gasteiger partial charge in [-0.3, -0.25) is 0 Å². The number of benzene rings is 2. The van der Waals surface area contributed by atoms with E-state index in [-0.39, 0.29) is 0 Å². The monoisotopic (exact) mass is 376 g/mol. The molecule has 0 fully saturated rings. The number of fused-ring (bicyclic) bond motifs is 1. The third-order valence-corrected chi connectivity index (χ3v) is 4.92. The van der Waals surface area contributed by atoms with Gasteiger partial charge in [-0.1, -0.05) is 46.7 Å². The summed E-state index contributed by atoms with van der Waals surface area (Å²) in [6.45, 7) is 0. The molecule has 2 aromatic carbocycles. The zero-order valence-corrected chi connectivity index (χ0v) is 14.7. The van der Waals surface area contributed by atoms with E-state index >= 15 is 0 Å². The predicted molar refractivity (Wildman–Crippen MR) is 96.1 cm³/mol. The number of halogens is 2. The third-order valence-electron chi connectivity index (χ3n) is 3.48. The molecule has 4 rings (SSSR count). The fourth-order valence-corrected chi connectivity index (χ4v) is 3.49. The molecule has 0 aliphatic heterocycles. The van der Waals surface area contributed by atoms with Crippen LogP contribution in [-0.2, 0) is 0 Å². The molecule has 2 heterocycles. The smallest absolute Gasteiger partial charge is 0.235 e. The number of hydrogen-bond donors (Lipinski definition) is 0. The average Bonchev–Trinajstić information content (AvgIpc) is 3.16. The Morgan fingerprint density at radius 2 is 1.75 bits per heavy atom. The van der Waals surface area contributed by atoms with E-state index in [4.69, 9.17) is 27.9 Å². The summed E-state index contributed by atoms with van der Waals surface area (Å²) in [5.74, 6) is 1.25. The highest BCUT2D eigenvalue weighted by Crippen LogP contribution is 2.34. The van der Waals surface area contributed by atoms with Gasteiger partial charge in [0.2, 0.25) is 4.96 Å². The lowest BCUT2D eigenvalue weighted by atomic mass is 10.2. The highest BCUT2D eigenvalue weighted by atomic mass is 35.5. The summed E-state index contributed by atoms with van der Waals surface area (Å²) in [4.78, 5) is 0.692. The molecule has 5 nitrogen and oxygen atoms in total. The van der Waals surface area contributed by atoms with Gasteiger partial charge in [0, 0.05) is 15.6 Å². The molecule has 0 radical (unpaired) electrons. The van der Waals surface area contributed by atoms with Crippen LogP contribution in [0.2, 0.25) is 10.0 Å². The van der Waals surface area contributed by atoms with Gasteiger partial charge in [-0.2, -0.15) is 9.61 Å². The second-order valence-electron chi connectivity index (χ2n) is 4.98. The Balaban J connectivity index is 1.86. The molecule has 0 aliphatic rings. The predicted octanol–water partition coefficient (Wildman–Crippen LogP) is 4.84. The van der Waals surface area contributed by atoms with E-state index in [2.05, 4.69) is 15.3 Å². The number of rotatable bonds is 3. The van der Waals surface area contributed by atoms with Crippen molar-refractivity contribution in [3.8, 4) is 27.7 Å². The van der Waals surface area contributed by atoms with Crippen molar-refractivity contribution in [2.24, 2.45) is 0 Å². The lowest BCUT2D eigenvalue weighted by Crippen LogP contribution is -1.94. The highest BCUT2D eigenvalue weighted by Gasteiger charge is 2.17. The summed E-state index contributed by atoms with van der Waals surface area (Å²) >= 11 is 13.5. The van der Waals surface area contributed by atoms with Crippen LogP contribution in [0.25, 0.3) is 26.9 Å². The van der Waals surface area contributed by atoms with Crippen LogP contribution >= 0.6 is 34.5 Å². The van der Waals surface area contributed by atoms with E-state index in [0.717, 1.165) is 16.1 Å². The number of nitrogens with zero attached hydrogens (tertiary/aromatic N) is 4. The van der Waals surface area contributed by atoms with Crippen LogP contribution in [0.3, 0.4) is 0 Å². The van der Waals surface area contributed by atoms with Crippen molar-refractivity contribution in [1.29, 1.82) is 0 Å². The van der Waals surface area contributed by atoms with E-state index in [0.29, 0.717) is 26.6 Å². The number of ether oxygens (including phenoxy) is 1.